The summed E-state index contributed by atoms with van der Waals surface area (Å²) in [7, 11) is 1.51. The molecule has 0 aliphatic heterocycles. The molecule has 0 aliphatic rings. The van der Waals surface area contributed by atoms with E-state index in [9.17, 15) is 23.1 Å². The maximum atomic E-state index is 12.6. The smallest absolute Gasteiger partial charge is 0.416 e. The Kier molecular flexibility index (Phi) is 5.98. The second-order valence-corrected chi connectivity index (χ2v) is 4.46. The van der Waals surface area contributed by atoms with E-state index in [1.807, 2.05) is 0 Å². The van der Waals surface area contributed by atoms with Crippen LogP contribution in [-0.4, -0.2) is 30.8 Å². The van der Waals surface area contributed by atoms with Crippen LogP contribution in [0.2, 0.25) is 0 Å². The number of carbonyl (C=O) groups excluding carboxylic acids is 1. The zero-order chi connectivity index (χ0) is 16.0. The summed E-state index contributed by atoms with van der Waals surface area (Å²) in [6.45, 7) is 0.426. The number of alkyl halides is 3. The number of methoxy groups -OCH3 is 1. The molecule has 1 atom stereocenters. The van der Waals surface area contributed by atoms with Crippen LogP contribution in [0.5, 0.6) is 5.75 Å². The zero-order valence-corrected chi connectivity index (χ0v) is 11.4. The number of benzene rings is 1. The zero-order valence-electron chi connectivity index (χ0n) is 11.4. The number of carbonyl (C=O) groups is 1. The van der Waals surface area contributed by atoms with Crippen LogP contribution in [0.25, 0.3) is 0 Å². The minimum absolute atomic E-state index is 0.319. The lowest BCUT2D eigenvalue weighted by Gasteiger charge is -2.14. The van der Waals surface area contributed by atoms with E-state index in [2.05, 4.69) is 5.32 Å². The number of nitrogens with one attached hydrogen (secondary N) is 1. The Bertz CT molecular complexity index is 492. The molecule has 1 unspecified atom stereocenters. The average Bonchev–Trinajstić information content (AvgIpc) is 2.40. The van der Waals surface area contributed by atoms with E-state index in [0.29, 0.717) is 25.5 Å². The monoisotopic (exact) mass is 306 g/mol. The molecule has 0 aliphatic carbocycles. The van der Waals surface area contributed by atoms with Crippen molar-refractivity contribution in [1.82, 2.24) is 0 Å². The molecule has 1 aromatic carbocycles. The molecule has 1 rings (SSSR count). The number of hydrogen-bond donors (Lipinski definition) is 3. The number of ether oxygens (including phenoxy) is 1. The predicted octanol–water partition coefficient (Wildman–Crippen LogP) is 2.10. The van der Waals surface area contributed by atoms with E-state index in [-0.39, 0.29) is 5.69 Å². The van der Waals surface area contributed by atoms with E-state index >= 15 is 0 Å². The average molecular weight is 306 g/mol. The summed E-state index contributed by atoms with van der Waals surface area (Å²) in [4.78, 5) is 11.8. The molecule has 0 heterocycles. The Morgan fingerprint density at radius 1 is 1.48 bits per heavy atom. The van der Waals surface area contributed by atoms with E-state index < -0.39 is 29.4 Å². The fourth-order valence-corrected chi connectivity index (χ4v) is 1.62. The molecule has 5 nitrogen and oxygen atoms in total. The second-order valence-electron chi connectivity index (χ2n) is 4.46. The SMILES string of the molecule is COCCCC(N)C(=O)Nc1cc(C(F)(F)F)ccc1O. The standard InChI is InChI=1S/C13H17F3N2O3/c1-21-6-2-3-9(17)12(20)18-10-7-8(13(14,15)16)4-5-11(10)19/h4-5,7,9,19H,2-3,6,17H2,1H3,(H,18,20). The maximum Gasteiger partial charge on any atom is 0.416 e. The third kappa shape index (κ3) is 5.24. The number of halogens is 3. The highest BCUT2D eigenvalue weighted by molar-refractivity contribution is 5.95. The molecule has 8 heteroatoms. The van der Waals surface area contributed by atoms with Gasteiger partial charge in [0.25, 0.3) is 0 Å². The molecule has 21 heavy (non-hydrogen) atoms. The first-order valence-corrected chi connectivity index (χ1v) is 6.21. The van der Waals surface area contributed by atoms with Gasteiger partial charge in [0.1, 0.15) is 5.75 Å². The minimum Gasteiger partial charge on any atom is -0.506 e. The van der Waals surface area contributed by atoms with Gasteiger partial charge in [-0.2, -0.15) is 13.2 Å². The number of anilines is 1. The number of hydrogen-bond acceptors (Lipinski definition) is 4. The van der Waals surface area contributed by atoms with Crippen LogP contribution in [0.3, 0.4) is 0 Å². The van der Waals surface area contributed by atoms with Crippen LogP contribution in [-0.2, 0) is 15.7 Å². The van der Waals surface area contributed by atoms with Crippen LogP contribution >= 0.6 is 0 Å². The van der Waals surface area contributed by atoms with Gasteiger partial charge < -0.3 is 20.9 Å². The van der Waals surface area contributed by atoms with Crippen molar-refractivity contribution in [3.05, 3.63) is 23.8 Å². The van der Waals surface area contributed by atoms with Crippen molar-refractivity contribution in [2.75, 3.05) is 19.0 Å². The largest absolute Gasteiger partial charge is 0.506 e. The molecule has 0 spiro atoms. The molecule has 118 valence electrons. The first kappa shape index (κ1) is 17.3. The highest BCUT2D eigenvalue weighted by Crippen LogP contribution is 2.34. The lowest BCUT2D eigenvalue weighted by molar-refractivity contribution is -0.137. The number of nitrogens with two attached hydrogens (primary N) is 1. The summed E-state index contributed by atoms with van der Waals surface area (Å²) >= 11 is 0. The quantitative estimate of drug-likeness (QED) is 0.555. The first-order chi connectivity index (χ1) is 9.75. The molecule has 0 aromatic heterocycles. The Balaban J connectivity index is 2.75. The van der Waals surface area contributed by atoms with Crippen LogP contribution < -0.4 is 11.1 Å². The van der Waals surface area contributed by atoms with E-state index in [1.54, 1.807) is 0 Å². The lowest BCUT2D eigenvalue weighted by atomic mass is 10.1. The van der Waals surface area contributed by atoms with Crippen molar-refractivity contribution in [2.24, 2.45) is 5.73 Å². The van der Waals surface area contributed by atoms with E-state index in [0.717, 1.165) is 12.1 Å². The molecule has 4 N–H and O–H groups in total. The topological polar surface area (TPSA) is 84.6 Å². The summed E-state index contributed by atoms with van der Waals surface area (Å²) < 4.78 is 42.5. The number of amides is 1. The molecular formula is C13H17F3N2O3. The van der Waals surface area contributed by atoms with E-state index in [4.69, 9.17) is 10.5 Å². The minimum atomic E-state index is -4.56. The molecule has 0 radical (unpaired) electrons. The number of aromatic hydroxyl groups is 1. The molecule has 0 saturated carbocycles. The summed E-state index contributed by atoms with van der Waals surface area (Å²) in [5.41, 5.74) is 4.32. The van der Waals surface area contributed by atoms with Crippen LogP contribution in [0.15, 0.2) is 18.2 Å². The Morgan fingerprint density at radius 2 is 2.14 bits per heavy atom. The van der Waals surface area contributed by atoms with Crippen molar-refractivity contribution < 1.29 is 27.8 Å². The summed E-state index contributed by atoms with van der Waals surface area (Å²) in [6, 6.07) is 1.36. The van der Waals surface area contributed by atoms with Crippen molar-refractivity contribution in [2.45, 2.75) is 25.1 Å². The van der Waals surface area contributed by atoms with Gasteiger partial charge in [-0.25, -0.2) is 0 Å². The Labute approximate surface area is 119 Å². The molecule has 1 amide bonds. The lowest BCUT2D eigenvalue weighted by Crippen LogP contribution is -2.35. The van der Waals surface area contributed by atoms with Crippen molar-refractivity contribution in [3.63, 3.8) is 0 Å². The Hall–Kier alpha value is -1.80. The van der Waals surface area contributed by atoms with Crippen molar-refractivity contribution in [1.29, 1.82) is 0 Å². The number of phenols is 1. The molecule has 1 aromatic rings. The van der Waals surface area contributed by atoms with Crippen molar-refractivity contribution >= 4 is 11.6 Å². The first-order valence-electron chi connectivity index (χ1n) is 6.21. The van der Waals surface area contributed by atoms with Gasteiger partial charge in [0.2, 0.25) is 5.91 Å². The van der Waals surface area contributed by atoms with Gasteiger partial charge in [-0.3, -0.25) is 4.79 Å². The molecule has 0 fully saturated rings. The van der Waals surface area contributed by atoms with Gasteiger partial charge in [-0.15, -0.1) is 0 Å². The summed E-state index contributed by atoms with van der Waals surface area (Å²) in [5.74, 6) is -1.12. The number of phenolic OH excluding ortho intramolecular Hbond substituents is 1. The van der Waals surface area contributed by atoms with Crippen LogP contribution in [0, 0.1) is 0 Å². The maximum absolute atomic E-state index is 12.6. The molecule has 0 bridgehead atoms. The predicted molar refractivity (Wildman–Crippen MR) is 70.8 cm³/mol. The fraction of sp³-hybridized carbons (Fsp3) is 0.462. The van der Waals surface area contributed by atoms with Crippen molar-refractivity contribution in [3.8, 4) is 5.75 Å². The summed E-state index contributed by atoms with van der Waals surface area (Å²) in [5, 5.41) is 11.7. The Morgan fingerprint density at radius 3 is 2.71 bits per heavy atom. The van der Waals surface area contributed by atoms with E-state index in [1.165, 1.54) is 7.11 Å². The van der Waals surface area contributed by atoms with Gasteiger partial charge >= 0.3 is 6.18 Å². The highest BCUT2D eigenvalue weighted by atomic mass is 19.4. The fourth-order valence-electron chi connectivity index (χ4n) is 1.62. The number of rotatable bonds is 6. The summed E-state index contributed by atoms with van der Waals surface area (Å²) in [6.07, 6.45) is -3.70. The molecular weight excluding hydrogens is 289 g/mol. The third-order valence-corrected chi connectivity index (χ3v) is 2.78. The van der Waals surface area contributed by atoms with Gasteiger partial charge in [0.15, 0.2) is 0 Å². The molecule has 0 saturated heterocycles. The third-order valence-electron chi connectivity index (χ3n) is 2.78. The van der Waals surface area contributed by atoms with Gasteiger partial charge in [-0.05, 0) is 31.0 Å². The van der Waals surface area contributed by atoms with Gasteiger partial charge in [0, 0.05) is 13.7 Å². The van der Waals surface area contributed by atoms with Gasteiger partial charge in [-0.1, -0.05) is 0 Å². The van der Waals surface area contributed by atoms with Gasteiger partial charge in [0.05, 0.1) is 17.3 Å². The van der Waals surface area contributed by atoms with Crippen LogP contribution in [0.1, 0.15) is 18.4 Å². The highest BCUT2D eigenvalue weighted by Gasteiger charge is 2.31. The normalized spacial score (nSPS) is 13.0. The van der Waals surface area contributed by atoms with Crippen LogP contribution in [0.4, 0.5) is 18.9 Å². The second kappa shape index (κ2) is 7.28.